The molecule has 6 aromatic rings. The molecule has 0 atom stereocenters. The first kappa shape index (κ1) is 21.0. The number of pyridine rings is 2. The molecule has 0 N–H and O–H groups in total. The summed E-state index contributed by atoms with van der Waals surface area (Å²) in [5.74, 6) is 8.01. The number of fused-ring (bicyclic) bond motifs is 5. The topological polar surface area (TPSA) is 8.29 Å². The summed E-state index contributed by atoms with van der Waals surface area (Å²) in [5, 5.41) is 6.91. The van der Waals surface area contributed by atoms with Crippen LogP contribution in [0.5, 0.6) is 0 Å². The van der Waals surface area contributed by atoms with Gasteiger partial charge in [-0.2, -0.15) is 0 Å². The van der Waals surface area contributed by atoms with Gasteiger partial charge >= 0.3 is 199 Å². The first-order chi connectivity index (χ1) is 15.6. The summed E-state index contributed by atoms with van der Waals surface area (Å²) in [5.41, 5.74) is 9.62. The van der Waals surface area contributed by atoms with Crippen LogP contribution in [0.2, 0.25) is 17.3 Å². The van der Waals surface area contributed by atoms with E-state index < -0.39 is 13.3 Å². The van der Waals surface area contributed by atoms with Crippen molar-refractivity contribution in [3.05, 3.63) is 65.4 Å². The maximum atomic E-state index is 2.60. The average Bonchev–Trinajstić information content (AvgIpc) is 3.08. The summed E-state index contributed by atoms with van der Waals surface area (Å²) >= 11 is -2.05. The molecule has 0 saturated heterocycles. The molecule has 0 bridgehead atoms. The van der Waals surface area contributed by atoms with Crippen molar-refractivity contribution in [1.29, 1.82) is 0 Å². The van der Waals surface area contributed by atoms with E-state index in [9.17, 15) is 0 Å². The Labute approximate surface area is 198 Å². The van der Waals surface area contributed by atoms with Gasteiger partial charge in [0.05, 0.1) is 0 Å². The van der Waals surface area contributed by atoms with Crippen LogP contribution < -0.4 is 8.96 Å². The van der Waals surface area contributed by atoms with E-state index in [0.29, 0.717) is 5.92 Å². The maximum absolute atomic E-state index is 2.60. The molecule has 0 spiro atoms. The van der Waals surface area contributed by atoms with Crippen molar-refractivity contribution in [1.82, 2.24) is 4.40 Å². The Morgan fingerprint density at radius 2 is 1.61 bits per heavy atom. The van der Waals surface area contributed by atoms with Gasteiger partial charge in [0.15, 0.2) is 0 Å². The zero-order valence-electron chi connectivity index (χ0n) is 21.1. The quantitative estimate of drug-likeness (QED) is 0.105. The summed E-state index contributed by atoms with van der Waals surface area (Å²) in [6.07, 6.45) is 2.25. The molecule has 3 aromatic carbocycles. The number of hydrogen-bond donors (Lipinski definition) is 0. The summed E-state index contributed by atoms with van der Waals surface area (Å²) < 4.78 is 6.51. The number of aromatic nitrogens is 2. The van der Waals surface area contributed by atoms with Crippen molar-refractivity contribution in [2.45, 2.75) is 50.9 Å². The summed E-state index contributed by atoms with van der Waals surface area (Å²) in [7, 11) is 2.21. The SMILES string of the molecule is Cc1cc2c3ccc(C(C)C)cc3n3c4c[c]([Ge]([CH3])([CH3])[CH3])cc5cc[n+](C)c(c(c1C)c23)c54. The molecule has 0 aliphatic rings. The Balaban J connectivity index is 2.04. The first-order valence-corrected chi connectivity index (χ1v) is 19.5. The van der Waals surface area contributed by atoms with E-state index in [1.54, 1.807) is 4.40 Å². The van der Waals surface area contributed by atoms with E-state index in [1.165, 1.54) is 65.7 Å². The summed E-state index contributed by atoms with van der Waals surface area (Å²) in [4.78, 5) is 0. The second-order valence-electron chi connectivity index (χ2n) is 11.3. The third-order valence-electron chi connectivity index (χ3n) is 7.82. The van der Waals surface area contributed by atoms with Crippen LogP contribution in [0.3, 0.4) is 0 Å². The molecule has 6 rings (SSSR count). The number of rotatable bonds is 2. The van der Waals surface area contributed by atoms with Gasteiger partial charge in [-0.3, -0.25) is 0 Å². The first-order valence-electron chi connectivity index (χ1n) is 12.1. The van der Waals surface area contributed by atoms with E-state index in [0.717, 1.165) is 0 Å². The van der Waals surface area contributed by atoms with Crippen LogP contribution in [0.4, 0.5) is 0 Å². The molecule has 0 aliphatic heterocycles. The minimum absolute atomic E-state index is 0.507. The molecule has 0 radical (unpaired) electrons. The standard InChI is InChI=1S/C30H33GeN2/c1-17(2)20-9-10-23-24-13-18(3)19(4)27-29(24)33(25(23)15-20)26-16-22(31(5,6)7)14-21-11-12-32(8)30(27)28(21)26/h9-17H,1-8H3/q+1. The van der Waals surface area contributed by atoms with E-state index in [2.05, 4.69) is 110 Å². The zero-order chi connectivity index (χ0) is 23.4. The Morgan fingerprint density at radius 3 is 2.30 bits per heavy atom. The van der Waals surface area contributed by atoms with Gasteiger partial charge in [-0.05, 0) is 0 Å². The van der Waals surface area contributed by atoms with Gasteiger partial charge in [0, 0.05) is 0 Å². The molecular weight excluding hydrogens is 461 g/mol. The van der Waals surface area contributed by atoms with Crippen molar-refractivity contribution in [2.75, 3.05) is 0 Å². The van der Waals surface area contributed by atoms with Crippen molar-refractivity contribution < 1.29 is 4.57 Å². The van der Waals surface area contributed by atoms with E-state index in [-0.39, 0.29) is 0 Å². The zero-order valence-corrected chi connectivity index (χ0v) is 23.2. The van der Waals surface area contributed by atoms with Crippen LogP contribution in [0, 0.1) is 13.8 Å². The van der Waals surface area contributed by atoms with E-state index >= 15 is 0 Å². The fraction of sp³-hybridized carbons (Fsp3) is 0.300. The molecule has 0 amide bonds. The van der Waals surface area contributed by atoms with Crippen LogP contribution >= 0.6 is 0 Å². The number of aryl methyl sites for hydroxylation is 3. The number of nitrogens with zero attached hydrogens (tertiary/aromatic N) is 2. The fourth-order valence-electron chi connectivity index (χ4n) is 5.71. The second kappa shape index (κ2) is 6.73. The van der Waals surface area contributed by atoms with E-state index in [1.807, 2.05) is 0 Å². The molecule has 0 fully saturated rings. The average molecular weight is 494 g/mol. The predicted octanol–water partition coefficient (Wildman–Crippen LogP) is 7.10. The van der Waals surface area contributed by atoms with Crippen LogP contribution in [0.25, 0.3) is 49.0 Å². The Kier molecular flexibility index (Phi) is 4.28. The molecule has 166 valence electrons. The summed E-state index contributed by atoms with van der Waals surface area (Å²) in [6, 6.07) is 16.9. The molecule has 0 unspecified atom stereocenters. The van der Waals surface area contributed by atoms with Gasteiger partial charge in [0.25, 0.3) is 0 Å². The second-order valence-corrected chi connectivity index (χ2v) is 22.0. The monoisotopic (exact) mass is 495 g/mol. The van der Waals surface area contributed by atoms with Crippen molar-refractivity contribution >= 4 is 66.7 Å². The van der Waals surface area contributed by atoms with Crippen molar-refractivity contribution in [2.24, 2.45) is 7.05 Å². The Morgan fingerprint density at radius 1 is 0.848 bits per heavy atom. The van der Waals surface area contributed by atoms with Gasteiger partial charge in [-0.15, -0.1) is 0 Å². The fourth-order valence-corrected chi connectivity index (χ4v) is 8.14. The molecular formula is C30H33GeN2+. The number of hydrogen-bond acceptors (Lipinski definition) is 0. The molecule has 2 nitrogen and oxygen atoms in total. The van der Waals surface area contributed by atoms with Gasteiger partial charge < -0.3 is 0 Å². The van der Waals surface area contributed by atoms with Crippen LogP contribution in [0.1, 0.15) is 36.5 Å². The normalized spacial score (nSPS) is 13.1. The molecule has 33 heavy (non-hydrogen) atoms. The van der Waals surface area contributed by atoms with Crippen LogP contribution in [-0.4, -0.2) is 17.7 Å². The molecule has 0 saturated carbocycles. The predicted molar refractivity (Wildman–Crippen MR) is 146 cm³/mol. The van der Waals surface area contributed by atoms with E-state index in [4.69, 9.17) is 0 Å². The summed E-state index contributed by atoms with van der Waals surface area (Å²) in [6.45, 7) is 9.15. The molecule has 0 aliphatic carbocycles. The van der Waals surface area contributed by atoms with Gasteiger partial charge in [0.1, 0.15) is 0 Å². The Bertz CT molecular complexity index is 1750. The molecule has 3 heteroatoms. The minimum atomic E-state index is -2.05. The van der Waals surface area contributed by atoms with Crippen molar-refractivity contribution in [3.63, 3.8) is 0 Å². The van der Waals surface area contributed by atoms with Crippen LogP contribution in [0.15, 0.2) is 48.7 Å². The van der Waals surface area contributed by atoms with Gasteiger partial charge in [0.2, 0.25) is 0 Å². The third-order valence-corrected chi connectivity index (χ3v) is 12.1. The Hall–Kier alpha value is -2.59. The van der Waals surface area contributed by atoms with Crippen LogP contribution in [-0.2, 0) is 7.05 Å². The molecule has 3 aromatic heterocycles. The van der Waals surface area contributed by atoms with Gasteiger partial charge in [-0.1, -0.05) is 0 Å². The van der Waals surface area contributed by atoms with Crippen molar-refractivity contribution in [3.8, 4) is 0 Å². The third kappa shape index (κ3) is 2.76. The number of benzene rings is 3. The molecule has 3 heterocycles. The van der Waals surface area contributed by atoms with Gasteiger partial charge in [-0.25, -0.2) is 0 Å².